The minimum atomic E-state index is -1.04. The number of nitrogens with zero attached hydrogens (tertiary/aromatic N) is 2. The van der Waals surface area contributed by atoms with Crippen LogP contribution in [0.15, 0.2) is 42.7 Å². The van der Waals surface area contributed by atoms with Gasteiger partial charge in [0.15, 0.2) is 6.61 Å². The minimum Gasteiger partial charge on any atom is -0.482 e. The van der Waals surface area contributed by atoms with E-state index in [-0.39, 0.29) is 18.0 Å². The number of ether oxygens (including phenoxy) is 1. The van der Waals surface area contributed by atoms with Gasteiger partial charge in [0.05, 0.1) is 12.1 Å². The molecule has 2 aromatic rings. The van der Waals surface area contributed by atoms with Gasteiger partial charge < -0.3 is 15.2 Å². The predicted octanol–water partition coefficient (Wildman–Crippen LogP) is 1.87. The molecule has 1 amide bonds. The highest BCUT2D eigenvalue weighted by Crippen LogP contribution is 2.29. The monoisotopic (exact) mass is 329 g/mol. The number of nitrogens with one attached hydrogen (secondary N) is 1. The van der Waals surface area contributed by atoms with E-state index in [1.54, 1.807) is 30.5 Å². The first-order valence-corrected chi connectivity index (χ1v) is 7.88. The van der Waals surface area contributed by atoms with Crippen LogP contribution in [0.5, 0.6) is 5.75 Å². The summed E-state index contributed by atoms with van der Waals surface area (Å²) in [5.41, 5.74) is 0.517. The van der Waals surface area contributed by atoms with E-state index >= 15 is 0 Å². The fraction of sp³-hybridized carbons (Fsp3) is 0.353. The van der Waals surface area contributed by atoms with E-state index in [0.29, 0.717) is 11.3 Å². The van der Waals surface area contributed by atoms with Crippen LogP contribution in [0, 0.1) is 0 Å². The van der Waals surface area contributed by atoms with E-state index in [4.69, 9.17) is 9.84 Å². The van der Waals surface area contributed by atoms with Crippen molar-refractivity contribution in [3.05, 3.63) is 48.3 Å². The summed E-state index contributed by atoms with van der Waals surface area (Å²) in [6, 6.07) is 8.57. The smallest absolute Gasteiger partial charge is 0.341 e. The first-order chi connectivity index (χ1) is 11.6. The normalized spacial score (nSPS) is 19.8. The molecule has 24 heavy (non-hydrogen) atoms. The fourth-order valence-corrected chi connectivity index (χ4v) is 3.00. The highest BCUT2D eigenvalue weighted by Gasteiger charge is 2.30. The molecule has 3 rings (SSSR count). The molecule has 7 nitrogen and oxygen atoms in total. The molecular weight excluding hydrogens is 310 g/mol. The summed E-state index contributed by atoms with van der Waals surface area (Å²) in [7, 11) is 0. The Hall–Kier alpha value is -2.83. The number of hydrogen-bond acceptors (Lipinski definition) is 4. The molecule has 0 aliphatic heterocycles. The first-order valence-electron chi connectivity index (χ1n) is 7.88. The maximum absolute atomic E-state index is 12.4. The van der Waals surface area contributed by atoms with E-state index in [2.05, 4.69) is 10.4 Å². The molecule has 0 spiro atoms. The van der Waals surface area contributed by atoms with Crippen molar-refractivity contribution in [1.29, 1.82) is 0 Å². The van der Waals surface area contributed by atoms with Crippen molar-refractivity contribution in [2.24, 2.45) is 0 Å². The van der Waals surface area contributed by atoms with Gasteiger partial charge in [0, 0.05) is 18.0 Å². The second-order valence-electron chi connectivity index (χ2n) is 5.77. The van der Waals surface area contributed by atoms with E-state index in [1.807, 2.05) is 16.9 Å². The average molecular weight is 329 g/mol. The lowest BCUT2D eigenvalue weighted by atomic mass is 10.1. The molecule has 0 unspecified atom stereocenters. The Morgan fingerprint density at radius 1 is 1.29 bits per heavy atom. The molecule has 1 aliphatic carbocycles. The standard InChI is InChI=1S/C17H19N3O4/c21-16(22)11-24-13-7-5-12(6-8-13)17(23)19-14-3-1-4-15(14)20-10-2-9-18-20/h2,5-10,14-15H,1,3-4,11H2,(H,19,23)(H,21,22)/t14-,15+/m1/s1. The van der Waals surface area contributed by atoms with E-state index in [1.165, 1.54) is 0 Å². The number of carboxylic acid groups (broad SMARTS) is 1. The molecule has 0 radical (unpaired) electrons. The SMILES string of the molecule is O=C(O)COc1ccc(C(=O)N[C@@H]2CCC[C@@H]2n2cccn2)cc1. The van der Waals surface area contributed by atoms with Crippen LogP contribution in [0.1, 0.15) is 35.7 Å². The second-order valence-corrected chi connectivity index (χ2v) is 5.77. The Labute approximate surface area is 139 Å². The Balaban J connectivity index is 1.61. The molecule has 2 atom stereocenters. The zero-order valence-electron chi connectivity index (χ0n) is 13.1. The maximum Gasteiger partial charge on any atom is 0.341 e. The molecule has 2 N–H and O–H groups in total. The number of amides is 1. The summed E-state index contributed by atoms with van der Waals surface area (Å²) in [5.74, 6) is -0.768. The van der Waals surface area contributed by atoms with Crippen LogP contribution in [0.3, 0.4) is 0 Å². The number of carboxylic acids is 1. The minimum absolute atomic E-state index is 0.0559. The van der Waals surface area contributed by atoms with Crippen LogP contribution in [0.4, 0.5) is 0 Å². The summed E-state index contributed by atoms with van der Waals surface area (Å²) in [6.07, 6.45) is 6.64. The van der Waals surface area contributed by atoms with Gasteiger partial charge in [-0.1, -0.05) is 0 Å². The number of rotatable bonds is 6. The van der Waals surface area contributed by atoms with Crippen molar-refractivity contribution in [3.63, 3.8) is 0 Å². The van der Waals surface area contributed by atoms with Crippen molar-refractivity contribution in [1.82, 2.24) is 15.1 Å². The summed E-state index contributed by atoms with van der Waals surface area (Å²) >= 11 is 0. The Kier molecular flexibility index (Phi) is 4.79. The van der Waals surface area contributed by atoms with Crippen molar-refractivity contribution in [2.75, 3.05) is 6.61 Å². The van der Waals surface area contributed by atoms with Gasteiger partial charge in [-0.05, 0) is 49.6 Å². The molecule has 1 aromatic carbocycles. The van der Waals surface area contributed by atoms with Crippen molar-refractivity contribution in [2.45, 2.75) is 31.3 Å². The number of hydrogen-bond donors (Lipinski definition) is 2. The molecule has 1 fully saturated rings. The number of benzene rings is 1. The predicted molar refractivity (Wildman–Crippen MR) is 85.9 cm³/mol. The highest BCUT2D eigenvalue weighted by atomic mass is 16.5. The number of aromatic nitrogens is 2. The molecule has 1 saturated carbocycles. The van der Waals surface area contributed by atoms with Gasteiger partial charge >= 0.3 is 5.97 Å². The molecular formula is C17H19N3O4. The Morgan fingerprint density at radius 2 is 2.08 bits per heavy atom. The first kappa shape index (κ1) is 16.0. The topological polar surface area (TPSA) is 93.5 Å². The highest BCUT2D eigenvalue weighted by molar-refractivity contribution is 5.94. The summed E-state index contributed by atoms with van der Waals surface area (Å²) < 4.78 is 6.96. The van der Waals surface area contributed by atoms with E-state index in [0.717, 1.165) is 19.3 Å². The number of carbonyl (C=O) groups excluding carboxylic acids is 1. The van der Waals surface area contributed by atoms with Gasteiger partial charge in [0.25, 0.3) is 5.91 Å². The third-order valence-corrected chi connectivity index (χ3v) is 4.14. The lowest BCUT2D eigenvalue weighted by molar-refractivity contribution is -0.139. The average Bonchev–Trinajstić information content (AvgIpc) is 3.24. The Bertz CT molecular complexity index is 697. The van der Waals surface area contributed by atoms with E-state index < -0.39 is 12.6 Å². The third-order valence-electron chi connectivity index (χ3n) is 4.14. The number of carbonyl (C=O) groups is 2. The van der Waals surface area contributed by atoms with E-state index in [9.17, 15) is 9.59 Å². The van der Waals surface area contributed by atoms with Crippen molar-refractivity contribution >= 4 is 11.9 Å². The quantitative estimate of drug-likeness (QED) is 0.844. The second kappa shape index (κ2) is 7.16. The van der Waals surface area contributed by atoms with Gasteiger partial charge in [-0.2, -0.15) is 5.10 Å². The summed E-state index contributed by atoms with van der Waals surface area (Å²) in [5, 5.41) is 15.9. The summed E-state index contributed by atoms with van der Waals surface area (Å²) in [4.78, 5) is 22.9. The van der Waals surface area contributed by atoms with Crippen molar-refractivity contribution < 1.29 is 19.4 Å². The molecule has 0 saturated heterocycles. The van der Waals surface area contributed by atoms with Gasteiger partial charge in [-0.3, -0.25) is 9.48 Å². The number of aliphatic carboxylic acids is 1. The van der Waals surface area contributed by atoms with Crippen LogP contribution in [0.25, 0.3) is 0 Å². The van der Waals surface area contributed by atoms with Crippen LogP contribution in [-0.4, -0.2) is 39.4 Å². The van der Waals surface area contributed by atoms with Gasteiger partial charge in [-0.15, -0.1) is 0 Å². The lowest BCUT2D eigenvalue weighted by Crippen LogP contribution is -2.38. The van der Waals surface area contributed by atoms with Crippen LogP contribution >= 0.6 is 0 Å². The van der Waals surface area contributed by atoms with Gasteiger partial charge in [0.1, 0.15) is 5.75 Å². The maximum atomic E-state index is 12.4. The fourth-order valence-electron chi connectivity index (χ4n) is 3.00. The molecule has 126 valence electrons. The van der Waals surface area contributed by atoms with Crippen LogP contribution < -0.4 is 10.1 Å². The molecule has 1 heterocycles. The largest absolute Gasteiger partial charge is 0.482 e. The van der Waals surface area contributed by atoms with Gasteiger partial charge in [-0.25, -0.2) is 4.79 Å². The zero-order valence-corrected chi connectivity index (χ0v) is 13.1. The molecule has 7 heteroatoms. The Morgan fingerprint density at radius 3 is 2.75 bits per heavy atom. The third kappa shape index (κ3) is 3.73. The molecule has 0 bridgehead atoms. The van der Waals surface area contributed by atoms with Crippen LogP contribution in [0.2, 0.25) is 0 Å². The van der Waals surface area contributed by atoms with Gasteiger partial charge in [0.2, 0.25) is 0 Å². The lowest BCUT2D eigenvalue weighted by Gasteiger charge is -2.21. The summed E-state index contributed by atoms with van der Waals surface area (Å²) in [6.45, 7) is -0.404. The van der Waals surface area contributed by atoms with Crippen molar-refractivity contribution in [3.8, 4) is 5.75 Å². The zero-order chi connectivity index (χ0) is 16.9. The molecule has 1 aliphatic rings. The van der Waals surface area contributed by atoms with Crippen LogP contribution in [-0.2, 0) is 4.79 Å². The molecule has 1 aromatic heterocycles.